The van der Waals surface area contributed by atoms with Crippen LogP contribution in [0.15, 0.2) is 24.3 Å². The summed E-state index contributed by atoms with van der Waals surface area (Å²) < 4.78 is 28.4. The molecule has 1 saturated carbocycles. The predicted molar refractivity (Wildman–Crippen MR) is 91.4 cm³/mol. The van der Waals surface area contributed by atoms with Gasteiger partial charge in [0, 0.05) is 13.0 Å². The zero-order valence-electron chi connectivity index (χ0n) is 13.6. The van der Waals surface area contributed by atoms with Gasteiger partial charge in [-0.3, -0.25) is 4.79 Å². The minimum Gasteiger partial charge on any atom is -0.435 e. The second-order valence-corrected chi connectivity index (χ2v) is 6.24. The smallest absolute Gasteiger partial charge is 0.387 e. The highest BCUT2D eigenvalue weighted by Gasteiger charge is 2.32. The van der Waals surface area contributed by atoms with Crippen LogP contribution >= 0.6 is 12.4 Å². The lowest BCUT2D eigenvalue weighted by Crippen LogP contribution is -2.38. The number of halogens is 3. The molecule has 2 rings (SSSR count). The Morgan fingerprint density at radius 3 is 2.38 bits per heavy atom. The minimum atomic E-state index is -2.83. The summed E-state index contributed by atoms with van der Waals surface area (Å²) in [4.78, 5) is 12.2. The standard InChI is InChI=1S/C17H24F2N2O2.ClH/c18-16(19)23-14-6-4-13(5-7-14)11-21-15(22)10-17(12-20)8-2-1-3-9-17;/h4-7,16H,1-3,8-12,20H2,(H,21,22);1H. The molecule has 0 heterocycles. The third-order valence-electron chi connectivity index (χ3n) is 4.52. The highest BCUT2D eigenvalue weighted by molar-refractivity contribution is 5.85. The van der Waals surface area contributed by atoms with Gasteiger partial charge in [0.25, 0.3) is 0 Å². The summed E-state index contributed by atoms with van der Waals surface area (Å²) in [6.45, 7) is -1.92. The lowest BCUT2D eigenvalue weighted by atomic mass is 9.71. The summed E-state index contributed by atoms with van der Waals surface area (Å²) in [5.74, 6) is 0.102. The first-order chi connectivity index (χ1) is 11.0. The number of amides is 1. The third-order valence-corrected chi connectivity index (χ3v) is 4.52. The van der Waals surface area contributed by atoms with E-state index in [9.17, 15) is 13.6 Å². The monoisotopic (exact) mass is 362 g/mol. The molecule has 1 amide bonds. The maximum atomic E-state index is 12.2. The first kappa shape index (κ1) is 20.6. The van der Waals surface area contributed by atoms with E-state index in [-0.39, 0.29) is 29.5 Å². The normalized spacial score (nSPS) is 16.3. The fraction of sp³-hybridized carbons (Fsp3) is 0.588. The van der Waals surface area contributed by atoms with Gasteiger partial charge < -0.3 is 15.8 Å². The molecule has 1 aliphatic rings. The van der Waals surface area contributed by atoms with Crippen molar-refractivity contribution in [1.29, 1.82) is 0 Å². The van der Waals surface area contributed by atoms with Gasteiger partial charge in [0.1, 0.15) is 5.75 Å². The summed E-state index contributed by atoms with van der Waals surface area (Å²) in [7, 11) is 0. The SMILES string of the molecule is Cl.NCC1(CC(=O)NCc2ccc(OC(F)F)cc2)CCCCC1. The van der Waals surface area contributed by atoms with Crippen molar-refractivity contribution in [1.82, 2.24) is 5.32 Å². The molecule has 0 aliphatic heterocycles. The molecule has 0 unspecified atom stereocenters. The second-order valence-electron chi connectivity index (χ2n) is 6.24. The number of nitrogens with two attached hydrogens (primary N) is 1. The van der Waals surface area contributed by atoms with Crippen molar-refractivity contribution in [2.24, 2.45) is 11.1 Å². The van der Waals surface area contributed by atoms with E-state index in [0.717, 1.165) is 31.2 Å². The van der Waals surface area contributed by atoms with Gasteiger partial charge in [0.15, 0.2) is 0 Å². The molecule has 24 heavy (non-hydrogen) atoms. The largest absolute Gasteiger partial charge is 0.435 e. The van der Waals surface area contributed by atoms with Crippen LogP contribution in [0.5, 0.6) is 5.75 Å². The fourth-order valence-corrected chi connectivity index (χ4v) is 3.15. The lowest BCUT2D eigenvalue weighted by Gasteiger charge is -2.35. The molecular weight excluding hydrogens is 338 g/mol. The zero-order chi connectivity index (χ0) is 16.7. The van der Waals surface area contributed by atoms with Crippen molar-refractivity contribution < 1.29 is 18.3 Å². The molecule has 0 atom stereocenters. The fourth-order valence-electron chi connectivity index (χ4n) is 3.15. The molecule has 3 N–H and O–H groups in total. The average Bonchev–Trinajstić information content (AvgIpc) is 2.54. The molecule has 0 radical (unpaired) electrons. The predicted octanol–water partition coefficient (Wildman–Crippen LogP) is 3.63. The van der Waals surface area contributed by atoms with E-state index in [1.807, 2.05) is 0 Å². The molecular formula is C17H25ClF2N2O2. The number of hydrogen-bond donors (Lipinski definition) is 2. The molecule has 0 saturated heterocycles. The van der Waals surface area contributed by atoms with Gasteiger partial charge in [-0.25, -0.2) is 0 Å². The van der Waals surface area contributed by atoms with Crippen molar-refractivity contribution in [2.45, 2.75) is 51.7 Å². The number of benzene rings is 1. The zero-order valence-corrected chi connectivity index (χ0v) is 14.4. The molecule has 4 nitrogen and oxygen atoms in total. The van der Waals surface area contributed by atoms with Crippen LogP contribution in [0.2, 0.25) is 0 Å². The molecule has 0 bridgehead atoms. The Kier molecular flexibility index (Phi) is 8.42. The molecule has 1 fully saturated rings. The van der Waals surface area contributed by atoms with Crippen LogP contribution in [0, 0.1) is 5.41 Å². The van der Waals surface area contributed by atoms with Gasteiger partial charge in [0.2, 0.25) is 5.91 Å². The maximum absolute atomic E-state index is 12.2. The van der Waals surface area contributed by atoms with Crippen LogP contribution in [0.1, 0.15) is 44.1 Å². The highest BCUT2D eigenvalue weighted by Crippen LogP contribution is 2.38. The van der Waals surface area contributed by atoms with Crippen molar-refractivity contribution >= 4 is 18.3 Å². The molecule has 1 aliphatic carbocycles. The van der Waals surface area contributed by atoms with E-state index in [0.29, 0.717) is 19.5 Å². The van der Waals surface area contributed by atoms with Crippen molar-refractivity contribution in [3.8, 4) is 5.75 Å². The van der Waals surface area contributed by atoms with Crippen LogP contribution in [-0.4, -0.2) is 19.1 Å². The van der Waals surface area contributed by atoms with E-state index < -0.39 is 6.61 Å². The van der Waals surface area contributed by atoms with E-state index in [1.165, 1.54) is 18.6 Å². The number of alkyl halides is 2. The first-order valence-electron chi connectivity index (χ1n) is 8.03. The Hall–Kier alpha value is -1.40. The quantitative estimate of drug-likeness (QED) is 0.778. The number of hydrogen-bond acceptors (Lipinski definition) is 3. The summed E-state index contributed by atoms with van der Waals surface area (Å²) in [6, 6.07) is 6.26. The van der Waals surface area contributed by atoms with Crippen LogP contribution in [-0.2, 0) is 11.3 Å². The van der Waals surface area contributed by atoms with Gasteiger partial charge >= 0.3 is 6.61 Å². The molecule has 136 valence electrons. The number of rotatable bonds is 7. The van der Waals surface area contributed by atoms with Gasteiger partial charge in [-0.1, -0.05) is 31.4 Å². The number of carbonyl (C=O) groups is 1. The third kappa shape index (κ3) is 6.24. The molecule has 0 aromatic heterocycles. The average molecular weight is 363 g/mol. The summed E-state index contributed by atoms with van der Waals surface area (Å²) in [5, 5.41) is 2.88. The van der Waals surface area contributed by atoms with Crippen molar-refractivity contribution in [3.63, 3.8) is 0 Å². The van der Waals surface area contributed by atoms with Gasteiger partial charge in [-0.05, 0) is 42.5 Å². The van der Waals surface area contributed by atoms with Crippen LogP contribution < -0.4 is 15.8 Å². The topological polar surface area (TPSA) is 64.4 Å². The van der Waals surface area contributed by atoms with Gasteiger partial charge in [-0.15, -0.1) is 12.4 Å². The number of nitrogens with one attached hydrogen (secondary N) is 1. The molecule has 1 aromatic rings. The Labute approximate surface area is 147 Å². The minimum absolute atomic E-state index is 0. The molecule has 1 aromatic carbocycles. The van der Waals surface area contributed by atoms with Crippen molar-refractivity contribution in [3.05, 3.63) is 29.8 Å². The van der Waals surface area contributed by atoms with E-state index in [4.69, 9.17) is 5.73 Å². The lowest BCUT2D eigenvalue weighted by molar-refractivity contribution is -0.124. The number of carbonyl (C=O) groups excluding carboxylic acids is 1. The maximum Gasteiger partial charge on any atom is 0.387 e. The highest BCUT2D eigenvalue weighted by atomic mass is 35.5. The van der Waals surface area contributed by atoms with Gasteiger partial charge in [-0.2, -0.15) is 8.78 Å². The van der Waals surface area contributed by atoms with E-state index in [2.05, 4.69) is 10.1 Å². The first-order valence-corrected chi connectivity index (χ1v) is 8.03. The van der Waals surface area contributed by atoms with Crippen LogP contribution in [0.3, 0.4) is 0 Å². The Balaban J connectivity index is 0.00000288. The second kappa shape index (κ2) is 9.79. The Morgan fingerprint density at radius 1 is 1.21 bits per heavy atom. The molecule has 7 heteroatoms. The van der Waals surface area contributed by atoms with Crippen molar-refractivity contribution in [2.75, 3.05) is 6.54 Å². The van der Waals surface area contributed by atoms with Crippen LogP contribution in [0.25, 0.3) is 0 Å². The molecule has 0 spiro atoms. The Bertz CT molecular complexity index is 506. The number of ether oxygens (including phenoxy) is 1. The summed E-state index contributed by atoms with van der Waals surface area (Å²) >= 11 is 0. The Morgan fingerprint density at radius 2 is 1.83 bits per heavy atom. The summed E-state index contributed by atoms with van der Waals surface area (Å²) in [6.07, 6.45) is 5.96. The van der Waals surface area contributed by atoms with E-state index in [1.54, 1.807) is 12.1 Å². The summed E-state index contributed by atoms with van der Waals surface area (Å²) in [5.41, 5.74) is 6.68. The van der Waals surface area contributed by atoms with E-state index >= 15 is 0 Å². The van der Waals surface area contributed by atoms with Crippen LogP contribution in [0.4, 0.5) is 8.78 Å². The van der Waals surface area contributed by atoms with Gasteiger partial charge in [0.05, 0.1) is 0 Å².